The lowest BCUT2D eigenvalue weighted by atomic mass is 10.1. The van der Waals surface area contributed by atoms with Gasteiger partial charge in [0.25, 0.3) is 0 Å². The van der Waals surface area contributed by atoms with Crippen LogP contribution in [0.15, 0.2) is 0 Å². The van der Waals surface area contributed by atoms with Gasteiger partial charge in [-0.2, -0.15) is 0 Å². The Morgan fingerprint density at radius 2 is 1.93 bits per heavy atom. The lowest BCUT2D eigenvalue weighted by molar-refractivity contribution is 0.107. The van der Waals surface area contributed by atoms with Gasteiger partial charge in [-0.15, -0.1) is 0 Å². The SMILES string of the molecule is CCOCC(NCCN(C)C)C(C)C. The third-order valence-electron chi connectivity index (χ3n) is 2.27. The van der Waals surface area contributed by atoms with Crippen molar-refractivity contribution in [3.63, 3.8) is 0 Å². The number of hydrogen-bond acceptors (Lipinski definition) is 3. The first-order valence-electron chi connectivity index (χ1n) is 5.53. The van der Waals surface area contributed by atoms with E-state index >= 15 is 0 Å². The zero-order valence-corrected chi connectivity index (χ0v) is 10.3. The maximum absolute atomic E-state index is 5.44. The van der Waals surface area contributed by atoms with Crippen molar-refractivity contribution >= 4 is 0 Å². The number of nitrogens with one attached hydrogen (secondary N) is 1. The van der Waals surface area contributed by atoms with Crippen molar-refractivity contribution in [3.05, 3.63) is 0 Å². The largest absolute Gasteiger partial charge is 0.380 e. The van der Waals surface area contributed by atoms with Crippen LogP contribution in [0.3, 0.4) is 0 Å². The summed E-state index contributed by atoms with van der Waals surface area (Å²) in [5.74, 6) is 0.628. The van der Waals surface area contributed by atoms with Crippen molar-refractivity contribution in [2.24, 2.45) is 5.92 Å². The van der Waals surface area contributed by atoms with Gasteiger partial charge in [-0.05, 0) is 26.9 Å². The van der Waals surface area contributed by atoms with Crippen LogP contribution in [0.5, 0.6) is 0 Å². The minimum Gasteiger partial charge on any atom is -0.380 e. The van der Waals surface area contributed by atoms with Crippen molar-refractivity contribution in [2.45, 2.75) is 26.8 Å². The molecule has 3 nitrogen and oxygen atoms in total. The summed E-state index contributed by atoms with van der Waals surface area (Å²) in [4.78, 5) is 2.19. The topological polar surface area (TPSA) is 24.5 Å². The number of hydrogen-bond donors (Lipinski definition) is 1. The lowest BCUT2D eigenvalue weighted by Gasteiger charge is -2.23. The van der Waals surface area contributed by atoms with Gasteiger partial charge in [0.2, 0.25) is 0 Å². The Morgan fingerprint density at radius 1 is 1.29 bits per heavy atom. The molecule has 1 N–H and O–H groups in total. The molecule has 3 heteroatoms. The third-order valence-corrected chi connectivity index (χ3v) is 2.27. The average molecular weight is 202 g/mol. The van der Waals surface area contributed by atoms with E-state index in [9.17, 15) is 0 Å². The standard InChI is InChI=1S/C11H26N2O/c1-6-14-9-11(10(2)3)12-7-8-13(4)5/h10-12H,6-9H2,1-5H3. The second-order valence-electron chi connectivity index (χ2n) is 4.27. The van der Waals surface area contributed by atoms with E-state index in [4.69, 9.17) is 4.74 Å². The zero-order chi connectivity index (χ0) is 11.0. The summed E-state index contributed by atoms with van der Waals surface area (Å²) in [6.45, 7) is 10.2. The lowest BCUT2D eigenvalue weighted by Crippen LogP contribution is -2.41. The molecule has 0 fully saturated rings. The molecule has 1 atom stereocenters. The summed E-state index contributed by atoms with van der Waals surface area (Å²) in [6, 6.07) is 0.481. The molecule has 0 aromatic heterocycles. The fourth-order valence-electron chi connectivity index (χ4n) is 1.21. The van der Waals surface area contributed by atoms with E-state index in [0.717, 1.165) is 26.3 Å². The quantitative estimate of drug-likeness (QED) is 0.640. The predicted octanol–water partition coefficient (Wildman–Crippen LogP) is 1.20. The maximum Gasteiger partial charge on any atom is 0.0621 e. The van der Waals surface area contributed by atoms with E-state index in [1.165, 1.54) is 0 Å². The first-order valence-corrected chi connectivity index (χ1v) is 5.53. The van der Waals surface area contributed by atoms with Gasteiger partial charge in [0.15, 0.2) is 0 Å². The molecule has 1 unspecified atom stereocenters. The van der Waals surface area contributed by atoms with Crippen molar-refractivity contribution in [1.82, 2.24) is 10.2 Å². The summed E-state index contributed by atoms with van der Waals surface area (Å²) in [6.07, 6.45) is 0. The monoisotopic (exact) mass is 202 g/mol. The van der Waals surface area contributed by atoms with Gasteiger partial charge in [-0.25, -0.2) is 0 Å². The van der Waals surface area contributed by atoms with Gasteiger partial charge in [-0.1, -0.05) is 13.8 Å². The van der Waals surface area contributed by atoms with E-state index in [0.29, 0.717) is 12.0 Å². The van der Waals surface area contributed by atoms with Crippen molar-refractivity contribution in [2.75, 3.05) is 40.4 Å². The summed E-state index contributed by atoms with van der Waals surface area (Å²) in [5.41, 5.74) is 0. The van der Waals surface area contributed by atoms with Crippen molar-refractivity contribution in [1.29, 1.82) is 0 Å². The van der Waals surface area contributed by atoms with E-state index in [1.807, 2.05) is 6.92 Å². The first kappa shape index (κ1) is 13.9. The molecule has 0 saturated heterocycles. The molecule has 0 radical (unpaired) electrons. The minimum atomic E-state index is 0.481. The average Bonchev–Trinajstić information content (AvgIpc) is 2.09. The molecule has 0 aliphatic heterocycles. The molecule has 0 spiro atoms. The van der Waals surface area contributed by atoms with Gasteiger partial charge < -0.3 is 15.0 Å². The van der Waals surface area contributed by atoms with Crippen LogP contribution in [0.25, 0.3) is 0 Å². The Bertz CT molecular complexity index is 126. The number of rotatable bonds is 8. The smallest absolute Gasteiger partial charge is 0.0621 e. The fraction of sp³-hybridized carbons (Fsp3) is 1.00. The van der Waals surface area contributed by atoms with Crippen LogP contribution in [0, 0.1) is 5.92 Å². The van der Waals surface area contributed by atoms with Gasteiger partial charge in [0.1, 0.15) is 0 Å². The summed E-state index contributed by atoms with van der Waals surface area (Å²) in [5, 5.41) is 3.52. The van der Waals surface area contributed by atoms with Crippen LogP contribution in [0.2, 0.25) is 0 Å². The zero-order valence-electron chi connectivity index (χ0n) is 10.3. The normalized spacial score (nSPS) is 13.9. The molecule has 0 aromatic rings. The molecule has 0 aromatic carbocycles. The van der Waals surface area contributed by atoms with Crippen LogP contribution < -0.4 is 5.32 Å². The first-order chi connectivity index (χ1) is 6.57. The van der Waals surface area contributed by atoms with Crippen LogP contribution in [0.4, 0.5) is 0 Å². The van der Waals surface area contributed by atoms with Gasteiger partial charge in [0.05, 0.1) is 6.61 Å². The second-order valence-corrected chi connectivity index (χ2v) is 4.27. The number of ether oxygens (including phenoxy) is 1. The molecule has 0 rings (SSSR count). The molecule has 0 aliphatic carbocycles. The summed E-state index contributed by atoms with van der Waals surface area (Å²) in [7, 11) is 4.18. The highest BCUT2D eigenvalue weighted by atomic mass is 16.5. The highest BCUT2D eigenvalue weighted by Crippen LogP contribution is 2.01. The molecule has 0 heterocycles. The van der Waals surface area contributed by atoms with Crippen LogP contribution in [-0.4, -0.2) is 51.3 Å². The Labute approximate surface area is 88.8 Å². The molecule has 0 aliphatic rings. The van der Waals surface area contributed by atoms with Crippen LogP contribution >= 0.6 is 0 Å². The molecule has 0 saturated carbocycles. The second kappa shape index (κ2) is 8.21. The molecular weight excluding hydrogens is 176 g/mol. The molecular formula is C11H26N2O. The Morgan fingerprint density at radius 3 is 2.36 bits per heavy atom. The Balaban J connectivity index is 3.62. The van der Waals surface area contributed by atoms with E-state index < -0.39 is 0 Å². The van der Waals surface area contributed by atoms with E-state index in [2.05, 4.69) is 38.2 Å². The van der Waals surface area contributed by atoms with E-state index in [-0.39, 0.29) is 0 Å². The van der Waals surface area contributed by atoms with Gasteiger partial charge in [-0.3, -0.25) is 0 Å². The highest BCUT2D eigenvalue weighted by molar-refractivity contribution is 4.70. The van der Waals surface area contributed by atoms with Gasteiger partial charge >= 0.3 is 0 Å². The Kier molecular flexibility index (Phi) is 8.14. The van der Waals surface area contributed by atoms with Crippen molar-refractivity contribution < 1.29 is 4.74 Å². The van der Waals surface area contributed by atoms with Gasteiger partial charge in [0, 0.05) is 25.7 Å². The summed E-state index contributed by atoms with van der Waals surface area (Å²) < 4.78 is 5.44. The van der Waals surface area contributed by atoms with Crippen LogP contribution in [0.1, 0.15) is 20.8 Å². The molecule has 86 valence electrons. The molecule has 0 amide bonds. The number of likely N-dealkylation sites (N-methyl/N-ethyl adjacent to an activating group) is 1. The highest BCUT2D eigenvalue weighted by Gasteiger charge is 2.11. The van der Waals surface area contributed by atoms with E-state index in [1.54, 1.807) is 0 Å². The van der Waals surface area contributed by atoms with Crippen LogP contribution in [-0.2, 0) is 4.74 Å². The summed E-state index contributed by atoms with van der Waals surface area (Å²) >= 11 is 0. The number of nitrogens with zero attached hydrogens (tertiary/aromatic N) is 1. The Hall–Kier alpha value is -0.120. The molecule has 0 bridgehead atoms. The third kappa shape index (κ3) is 7.30. The minimum absolute atomic E-state index is 0.481. The van der Waals surface area contributed by atoms with Crippen molar-refractivity contribution in [3.8, 4) is 0 Å². The maximum atomic E-state index is 5.44. The predicted molar refractivity (Wildman–Crippen MR) is 61.7 cm³/mol. The molecule has 14 heavy (non-hydrogen) atoms. The fourth-order valence-corrected chi connectivity index (χ4v) is 1.21.